The van der Waals surface area contributed by atoms with Crippen molar-refractivity contribution in [2.45, 2.75) is 57.0 Å². The number of piperidine rings is 1. The molecule has 1 spiro atoms. The van der Waals surface area contributed by atoms with Crippen molar-refractivity contribution < 1.29 is 14.4 Å². The van der Waals surface area contributed by atoms with Gasteiger partial charge in [0.2, 0.25) is 5.91 Å². The molecule has 1 saturated carbocycles. The van der Waals surface area contributed by atoms with Crippen molar-refractivity contribution in [2.24, 2.45) is 5.92 Å². The van der Waals surface area contributed by atoms with Gasteiger partial charge in [0.15, 0.2) is 0 Å². The molecule has 2 saturated heterocycles. The third-order valence-electron chi connectivity index (χ3n) is 6.45. The molecule has 0 bridgehead atoms. The van der Waals surface area contributed by atoms with Crippen LogP contribution in [0.2, 0.25) is 0 Å². The molecule has 0 radical (unpaired) electrons. The zero-order valence-electron chi connectivity index (χ0n) is 15.7. The largest absolute Gasteiger partial charge is 0.342 e. The van der Waals surface area contributed by atoms with Crippen molar-refractivity contribution in [1.29, 1.82) is 0 Å². The minimum Gasteiger partial charge on any atom is -0.342 e. The summed E-state index contributed by atoms with van der Waals surface area (Å²) in [6.45, 7) is 1.50. The maximum absolute atomic E-state index is 12.8. The Morgan fingerprint density at radius 3 is 2.37 bits per heavy atom. The van der Waals surface area contributed by atoms with Gasteiger partial charge in [-0.25, -0.2) is 4.79 Å². The Bertz CT molecular complexity index is 719. The van der Waals surface area contributed by atoms with Crippen molar-refractivity contribution in [3.63, 3.8) is 0 Å². The monoisotopic (exact) mass is 369 g/mol. The van der Waals surface area contributed by atoms with Crippen LogP contribution in [0.25, 0.3) is 0 Å². The van der Waals surface area contributed by atoms with Gasteiger partial charge in [-0.1, -0.05) is 49.6 Å². The minimum absolute atomic E-state index is 0.146. The first-order chi connectivity index (χ1) is 13.1. The van der Waals surface area contributed by atoms with Crippen LogP contribution in [0.1, 0.15) is 50.5 Å². The molecule has 1 aromatic carbocycles. The standard InChI is InChI=1S/C21H27N3O3/c25-18(17-9-5-2-6-10-17)23-13-11-21(12-14-23)19(26)22-20(27)24(21)15-16-7-3-1-4-8-16/h1,3-4,7-8,17H,2,5-6,9-15H2,(H,22,26,27). The second-order valence-corrected chi connectivity index (χ2v) is 8.02. The zero-order valence-corrected chi connectivity index (χ0v) is 15.7. The highest BCUT2D eigenvalue weighted by molar-refractivity contribution is 6.07. The number of amides is 4. The summed E-state index contributed by atoms with van der Waals surface area (Å²) in [6, 6.07) is 9.41. The van der Waals surface area contributed by atoms with Crippen LogP contribution in [-0.4, -0.2) is 46.3 Å². The van der Waals surface area contributed by atoms with Crippen LogP contribution >= 0.6 is 0 Å². The van der Waals surface area contributed by atoms with E-state index in [1.807, 2.05) is 35.2 Å². The van der Waals surface area contributed by atoms with Gasteiger partial charge in [0.1, 0.15) is 5.54 Å². The highest BCUT2D eigenvalue weighted by Gasteiger charge is 2.54. The van der Waals surface area contributed by atoms with Gasteiger partial charge in [0, 0.05) is 25.6 Å². The second kappa shape index (κ2) is 7.33. The Morgan fingerprint density at radius 2 is 1.70 bits per heavy atom. The van der Waals surface area contributed by atoms with Crippen LogP contribution in [0.4, 0.5) is 4.79 Å². The lowest BCUT2D eigenvalue weighted by Gasteiger charge is -2.43. The molecule has 0 atom stereocenters. The molecule has 0 unspecified atom stereocenters. The molecule has 27 heavy (non-hydrogen) atoms. The lowest BCUT2D eigenvalue weighted by Crippen LogP contribution is -2.57. The van der Waals surface area contributed by atoms with Gasteiger partial charge >= 0.3 is 6.03 Å². The molecule has 4 rings (SSSR count). The van der Waals surface area contributed by atoms with Crippen LogP contribution in [-0.2, 0) is 16.1 Å². The third kappa shape index (κ3) is 3.33. The van der Waals surface area contributed by atoms with Crippen LogP contribution in [0.3, 0.4) is 0 Å². The highest BCUT2D eigenvalue weighted by Crippen LogP contribution is 2.36. The van der Waals surface area contributed by atoms with E-state index in [4.69, 9.17) is 0 Å². The topological polar surface area (TPSA) is 69.7 Å². The number of benzene rings is 1. The van der Waals surface area contributed by atoms with Gasteiger partial charge in [0.25, 0.3) is 5.91 Å². The first-order valence-electron chi connectivity index (χ1n) is 10.1. The van der Waals surface area contributed by atoms with Crippen LogP contribution in [0, 0.1) is 5.92 Å². The number of urea groups is 1. The molecule has 4 amide bonds. The normalized spacial score (nSPS) is 23.0. The van der Waals surface area contributed by atoms with Crippen LogP contribution in [0.5, 0.6) is 0 Å². The molecule has 1 N–H and O–H groups in total. The van der Waals surface area contributed by atoms with Crippen LogP contribution < -0.4 is 5.32 Å². The van der Waals surface area contributed by atoms with E-state index < -0.39 is 5.54 Å². The molecule has 1 aliphatic carbocycles. The summed E-state index contributed by atoms with van der Waals surface area (Å²) < 4.78 is 0. The molecule has 6 nitrogen and oxygen atoms in total. The summed E-state index contributed by atoms with van der Waals surface area (Å²) in [4.78, 5) is 41.5. The first kappa shape index (κ1) is 18.0. The maximum atomic E-state index is 12.8. The molecule has 2 heterocycles. The van der Waals surface area contributed by atoms with E-state index in [1.165, 1.54) is 6.42 Å². The summed E-state index contributed by atoms with van der Waals surface area (Å²) >= 11 is 0. The smallest absolute Gasteiger partial charge is 0.325 e. The predicted molar refractivity (Wildman–Crippen MR) is 101 cm³/mol. The van der Waals surface area contributed by atoms with E-state index in [0.29, 0.717) is 32.5 Å². The van der Waals surface area contributed by atoms with Gasteiger partial charge < -0.3 is 9.80 Å². The van der Waals surface area contributed by atoms with E-state index in [1.54, 1.807) is 4.90 Å². The predicted octanol–water partition coefficient (Wildman–Crippen LogP) is 2.68. The fourth-order valence-corrected chi connectivity index (χ4v) is 4.79. The van der Waals surface area contributed by atoms with Crippen molar-refractivity contribution in [3.05, 3.63) is 35.9 Å². The van der Waals surface area contributed by atoms with E-state index in [9.17, 15) is 14.4 Å². The average Bonchev–Trinajstić information content (AvgIpc) is 2.93. The molecular weight excluding hydrogens is 342 g/mol. The Hall–Kier alpha value is -2.37. The number of rotatable bonds is 3. The second-order valence-electron chi connectivity index (χ2n) is 8.02. The first-order valence-corrected chi connectivity index (χ1v) is 10.1. The Balaban J connectivity index is 1.46. The van der Waals surface area contributed by atoms with E-state index in [-0.39, 0.29) is 23.8 Å². The number of likely N-dealkylation sites (tertiary alicyclic amines) is 1. The van der Waals surface area contributed by atoms with Crippen LogP contribution in [0.15, 0.2) is 30.3 Å². The average molecular weight is 369 g/mol. The fourth-order valence-electron chi connectivity index (χ4n) is 4.79. The number of carbonyl (C=O) groups excluding carboxylic acids is 3. The molecule has 144 valence electrons. The molecule has 6 heteroatoms. The lowest BCUT2D eigenvalue weighted by atomic mass is 9.83. The number of hydrogen-bond acceptors (Lipinski definition) is 3. The summed E-state index contributed by atoms with van der Waals surface area (Å²) in [5.74, 6) is 0.171. The quantitative estimate of drug-likeness (QED) is 0.833. The maximum Gasteiger partial charge on any atom is 0.325 e. The Labute approximate surface area is 159 Å². The lowest BCUT2D eigenvalue weighted by molar-refractivity contribution is -0.142. The molecule has 2 aliphatic heterocycles. The minimum atomic E-state index is -0.823. The van der Waals surface area contributed by atoms with Gasteiger partial charge in [-0.05, 0) is 31.2 Å². The Kier molecular flexibility index (Phi) is 4.89. The van der Waals surface area contributed by atoms with E-state index in [2.05, 4.69) is 5.32 Å². The van der Waals surface area contributed by atoms with Gasteiger partial charge in [-0.3, -0.25) is 14.9 Å². The highest BCUT2D eigenvalue weighted by atomic mass is 16.2. The SMILES string of the molecule is O=C(C1CCCCC1)N1CCC2(CC1)C(=O)NC(=O)N2Cc1ccccc1. The fraction of sp³-hybridized carbons (Fsp3) is 0.571. The van der Waals surface area contributed by atoms with Crippen molar-refractivity contribution in [1.82, 2.24) is 15.1 Å². The molecule has 0 aromatic heterocycles. The van der Waals surface area contributed by atoms with Gasteiger partial charge in [-0.2, -0.15) is 0 Å². The van der Waals surface area contributed by atoms with Crippen molar-refractivity contribution in [3.8, 4) is 0 Å². The van der Waals surface area contributed by atoms with E-state index >= 15 is 0 Å². The number of hydrogen-bond donors (Lipinski definition) is 1. The third-order valence-corrected chi connectivity index (χ3v) is 6.45. The van der Waals surface area contributed by atoms with Gasteiger partial charge in [-0.15, -0.1) is 0 Å². The van der Waals surface area contributed by atoms with Gasteiger partial charge in [0.05, 0.1) is 0 Å². The number of nitrogens with zero attached hydrogens (tertiary/aromatic N) is 2. The summed E-state index contributed by atoms with van der Waals surface area (Å²) in [6.07, 6.45) is 6.49. The Morgan fingerprint density at radius 1 is 1.04 bits per heavy atom. The summed E-state index contributed by atoms with van der Waals surface area (Å²) in [7, 11) is 0. The molecule has 3 fully saturated rings. The summed E-state index contributed by atoms with van der Waals surface area (Å²) in [5.41, 5.74) is 0.179. The molecule has 3 aliphatic rings. The van der Waals surface area contributed by atoms with Crippen molar-refractivity contribution >= 4 is 17.8 Å². The zero-order chi connectivity index (χ0) is 18.9. The molecular formula is C21H27N3O3. The summed E-state index contributed by atoms with van der Waals surface area (Å²) in [5, 5.41) is 2.50. The number of carbonyl (C=O) groups is 3. The molecule has 1 aromatic rings. The van der Waals surface area contributed by atoms with Crippen molar-refractivity contribution in [2.75, 3.05) is 13.1 Å². The van der Waals surface area contributed by atoms with E-state index in [0.717, 1.165) is 31.2 Å². The number of nitrogens with one attached hydrogen (secondary N) is 1. The number of imide groups is 1.